The molecule has 2 heterocycles. The van der Waals surface area contributed by atoms with Gasteiger partial charge >= 0.3 is 0 Å². The normalized spacial score (nSPS) is 11.3. The maximum Gasteiger partial charge on any atom is 0.258 e. The second kappa shape index (κ2) is 7.00. The Labute approximate surface area is 164 Å². The quantitative estimate of drug-likeness (QED) is 0.491. The van der Waals surface area contributed by atoms with Crippen LogP contribution in [0.5, 0.6) is 0 Å². The summed E-state index contributed by atoms with van der Waals surface area (Å²) in [6.07, 6.45) is 3.24. The third-order valence-corrected chi connectivity index (χ3v) is 4.62. The first kappa shape index (κ1) is 17.5. The van der Waals surface area contributed by atoms with E-state index < -0.39 is 0 Å². The van der Waals surface area contributed by atoms with E-state index in [1.807, 2.05) is 50.2 Å². The minimum Gasteiger partial charge on any atom is -0.440 e. The molecule has 2 aromatic carbocycles. The zero-order valence-corrected chi connectivity index (χ0v) is 16.4. The zero-order chi connectivity index (χ0) is 19.0. The van der Waals surface area contributed by atoms with Crippen LogP contribution in [0.2, 0.25) is 0 Å². The molecule has 1 N–H and O–H groups in total. The van der Waals surface area contributed by atoms with Crippen molar-refractivity contribution in [3.63, 3.8) is 0 Å². The number of carbonyl (C=O) groups excluding carboxylic acids is 1. The second-order valence-corrected chi connectivity index (χ2v) is 7.41. The molecule has 0 aliphatic carbocycles. The number of fused-ring (bicyclic) bond motifs is 1. The number of nitrogens with one attached hydrogen (secondary N) is 1. The Morgan fingerprint density at radius 1 is 1.19 bits per heavy atom. The van der Waals surface area contributed by atoms with Crippen molar-refractivity contribution in [3.8, 4) is 5.69 Å². The van der Waals surface area contributed by atoms with Gasteiger partial charge in [0, 0.05) is 22.3 Å². The maximum atomic E-state index is 12.5. The van der Waals surface area contributed by atoms with Gasteiger partial charge in [0.15, 0.2) is 11.5 Å². The molecule has 1 amide bonds. The van der Waals surface area contributed by atoms with Crippen molar-refractivity contribution >= 4 is 38.6 Å². The van der Waals surface area contributed by atoms with Gasteiger partial charge in [-0.15, -0.1) is 0 Å². The van der Waals surface area contributed by atoms with E-state index in [4.69, 9.17) is 4.42 Å². The molecule has 4 aromatic rings. The van der Waals surface area contributed by atoms with Crippen molar-refractivity contribution < 1.29 is 9.21 Å². The van der Waals surface area contributed by atoms with Crippen LogP contribution in [0.15, 0.2) is 63.7 Å². The molecule has 0 aliphatic rings. The first-order chi connectivity index (χ1) is 13.0. The largest absolute Gasteiger partial charge is 0.440 e. The van der Waals surface area contributed by atoms with Crippen LogP contribution in [0.4, 0.5) is 5.69 Å². The summed E-state index contributed by atoms with van der Waals surface area (Å²) in [7, 11) is 0. The number of benzene rings is 2. The van der Waals surface area contributed by atoms with Crippen LogP contribution in [0.25, 0.3) is 16.8 Å². The van der Waals surface area contributed by atoms with Crippen LogP contribution in [0.3, 0.4) is 0 Å². The van der Waals surface area contributed by atoms with Crippen LogP contribution in [-0.2, 0) is 0 Å². The van der Waals surface area contributed by atoms with Crippen LogP contribution >= 0.6 is 15.9 Å². The van der Waals surface area contributed by atoms with Gasteiger partial charge in [-0.25, -0.2) is 9.67 Å². The Morgan fingerprint density at radius 2 is 1.96 bits per heavy atom. The second-order valence-electron chi connectivity index (χ2n) is 6.49. The number of halogens is 1. The molecular weight excluding hydrogens is 408 g/mol. The molecule has 27 heavy (non-hydrogen) atoms. The van der Waals surface area contributed by atoms with Gasteiger partial charge in [-0.05, 0) is 42.5 Å². The summed E-state index contributed by atoms with van der Waals surface area (Å²) in [5.74, 6) is 0.662. The van der Waals surface area contributed by atoms with E-state index >= 15 is 0 Å². The molecule has 0 saturated carbocycles. The van der Waals surface area contributed by atoms with E-state index in [1.165, 1.54) is 0 Å². The predicted octanol–water partition coefficient (Wildman–Crippen LogP) is 5.15. The first-order valence-electron chi connectivity index (χ1n) is 8.52. The van der Waals surface area contributed by atoms with Crippen LogP contribution < -0.4 is 5.32 Å². The van der Waals surface area contributed by atoms with Gasteiger partial charge < -0.3 is 9.73 Å². The Morgan fingerprint density at radius 3 is 2.70 bits per heavy atom. The Hall–Kier alpha value is -2.93. The van der Waals surface area contributed by atoms with E-state index in [-0.39, 0.29) is 11.8 Å². The van der Waals surface area contributed by atoms with Crippen molar-refractivity contribution in [2.75, 3.05) is 5.32 Å². The molecule has 0 radical (unpaired) electrons. The van der Waals surface area contributed by atoms with Crippen molar-refractivity contribution in [1.29, 1.82) is 0 Å². The number of amides is 1. The lowest BCUT2D eigenvalue weighted by Gasteiger charge is -2.03. The van der Waals surface area contributed by atoms with E-state index in [1.54, 1.807) is 23.1 Å². The van der Waals surface area contributed by atoms with Gasteiger partial charge in [0.05, 0.1) is 17.4 Å². The number of hydrogen-bond donors (Lipinski definition) is 1. The van der Waals surface area contributed by atoms with Gasteiger partial charge in [-0.3, -0.25) is 4.79 Å². The molecule has 0 unspecified atom stereocenters. The highest BCUT2D eigenvalue weighted by atomic mass is 79.9. The summed E-state index contributed by atoms with van der Waals surface area (Å²) in [5.41, 5.74) is 3.44. The molecule has 0 aliphatic heterocycles. The number of oxazole rings is 1. The molecule has 0 saturated heterocycles. The summed E-state index contributed by atoms with van der Waals surface area (Å²) in [4.78, 5) is 17.0. The van der Waals surface area contributed by atoms with Crippen molar-refractivity contribution in [2.24, 2.45) is 0 Å². The molecule has 0 spiro atoms. The minimum absolute atomic E-state index is 0.208. The number of aromatic nitrogens is 3. The Bertz CT molecular complexity index is 1110. The monoisotopic (exact) mass is 424 g/mol. The SMILES string of the molecule is CC(C)c1nc2cc(NC(=O)c3cnn(-c4ccc(Br)cc4)c3)ccc2o1. The van der Waals surface area contributed by atoms with E-state index in [0.717, 1.165) is 15.7 Å². The van der Waals surface area contributed by atoms with Crippen molar-refractivity contribution in [1.82, 2.24) is 14.8 Å². The molecule has 0 atom stereocenters. The highest BCUT2D eigenvalue weighted by molar-refractivity contribution is 9.10. The Balaban J connectivity index is 1.53. The molecule has 136 valence electrons. The predicted molar refractivity (Wildman–Crippen MR) is 107 cm³/mol. The van der Waals surface area contributed by atoms with Gasteiger partial charge in [0.2, 0.25) is 0 Å². The zero-order valence-electron chi connectivity index (χ0n) is 14.8. The van der Waals surface area contributed by atoms with Gasteiger partial charge in [0.25, 0.3) is 5.91 Å². The average Bonchev–Trinajstić information content (AvgIpc) is 3.29. The molecule has 2 aromatic heterocycles. The number of anilines is 1. The van der Waals surface area contributed by atoms with Gasteiger partial charge in [-0.1, -0.05) is 29.8 Å². The molecule has 6 nitrogen and oxygen atoms in total. The topological polar surface area (TPSA) is 73.0 Å². The summed E-state index contributed by atoms with van der Waals surface area (Å²) in [6, 6.07) is 13.1. The fourth-order valence-corrected chi connectivity index (χ4v) is 2.91. The third-order valence-electron chi connectivity index (χ3n) is 4.09. The Kier molecular flexibility index (Phi) is 4.53. The van der Waals surface area contributed by atoms with E-state index in [2.05, 4.69) is 31.3 Å². The number of carbonyl (C=O) groups is 1. The molecular formula is C20H17BrN4O2. The molecule has 0 bridgehead atoms. The highest BCUT2D eigenvalue weighted by Crippen LogP contribution is 2.24. The smallest absolute Gasteiger partial charge is 0.258 e. The summed E-state index contributed by atoms with van der Waals surface area (Å²) >= 11 is 3.40. The van der Waals surface area contributed by atoms with Gasteiger partial charge in [0.1, 0.15) is 5.52 Å². The highest BCUT2D eigenvalue weighted by Gasteiger charge is 2.13. The fourth-order valence-electron chi connectivity index (χ4n) is 2.65. The average molecular weight is 425 g/mol. The lowest BCUT2D eigenvalue weighted by Crippen LogP contribution is -2.11. The standard InChI is InChI=1S/C20H17BrN4O2/c1-12(2)20-24-17-9-15(5-8-18(17)27-20)23-19(26)13-10-22-25(11-13)16-6-3-14(21)4-7-16/h3-12H,1-2H3,(H,23,26). The summed E-state index contributed by atoms with van der Waals surface area (Å²) in [6.45, 7) is 4.05. The van der Waals surface area contributed by atoms with Gasteiger partial charge in [-0.2, -0.15) is 5.10 Å². The summed E-state index contributed by atoms with van der Waals surface area (Å²) < 4.78 is 8.34. The fraction of sp³-hybridized carbons (Fsp3) is 0.150. The number of hydrogen-bond acceptors (Lipinski definition) is 4. The molecule has 0 fully saturated rings. The first-order valence-corrected chi connectivity index (χ1v) is 9.31. The molecule has 7 heteroatoms. The maximum absolute atomic E-state index is 12.5. The van der Waals surface area contributed by atoms with Crippen LogP contribution in [0, 0.1) is 0 Å². The summed E-state index contributed by atoms with van der Waals surface area (Å²) in [5, 5.41) is 7.15. The lowest BCUT2D eigenvalue weighted by atomic mass is 10.2. The van der Waals surface area contributed by atoms with E-state index in [0.29, 0.717) is 22.7 Å². The van der Waals surface area contributed by atoms with Crippen molar-refractivity contribution in [2.45, 2.75) is 19.8 Å². The number of nitrogens with zero attached hydrogens (tertiary/aromatic N) is 3. The van der Waals surface area contributed by atoms with Crippen molar-refractivity contribution in [3.05, 3.63) is 70.8 Å². The van der Waals surface area contributed by atoms with E-state index in [9.17, 15) is 4.79 Å². The van der Waals surface area contributed by atoms with Crippen LogP contribution in [0.1, 0.15) is 36.0 Å². The van der Waals surface area contributed by atoms with Crippen LogP contribution in [-0.4, -0.2) is 20.7 Å². The molecule has 4 rings (SSSR count). The minimum atomic E-state index is -0.231. The third kappa shape index (κ3) is 3.64. The lowest BCUT2D eigenvalue weighted by molar-refractivity contribution is 0.102. The number of rotatable bonds is 4.